The third-order valence-electron chi connectivity index (χ3n) is 4.12. The minimum Gasteiger partial charge on any atom is -0.483 e. The van der Waals surface area contributed by atoms with Crippen LogP contribution in [0.4, 0.5) is 15.8 Å². The van der Waals surface area contributed by atoms with Crippen molar-refractivity contribution in [2.45, 2.75) is 18.2 Å². The van der Waals surface area contributed by atoms with E-state index in [2.05, 4.69) is 15.5 Å². The molecule has 0 radical (unpaired) electrons. The Kier molecular flexibility index (Phi) is 7.08. The van der Waals surface area contributed by atoms with E-state index in [1.807, 2.05) is 0 Å². The van der Waals surface area contributed by atoms with Crippen LogP contribution in [0.5, 0.6) is 5.75 Å². The zero-order valence-electron chi connectivity index (χ0n) is 16.4. The first-order chi connectivity index (χ1) is 14.7. The first-order valence-corrected chi connectivity index (χ1v) is 10.3. The van der Waals surface area contributed by atoms with Crippen molar-refractivity contribution in [3.8, 4) is 5.75 Å². The number of carbonyl (C=O) groups excluding carboxylic acids is 1. The summed E-state index contributed by atoms with van der Waals surface area (Å²) in [5.74, 6) is 0.295. The average molecular weight is 466 g/mol. The topological polar surface area (TPSA) is 112 Å². The molecule has 0 saturated carbocycles. The molecule has 9 nitrogen and oxygen atoms in total. The molecule has 0 aliphatic heterocycles. The lowest BCUT2D eigenvalue weighted by atomic mass is 10.3. The molecule has 31 heavy (non-hydrogen) atoms. The Bertz CT molecular complexity index is 1110. The van der Waals surface area contributed by atoms with E-state index in [9.17, 15) is 19.3 Å². The zero-order chi connectivity index (χ0) is 22.5. The number of nitro groups is 1. The van der Waals surface area contributed by atoms with Crippen LogP contribution in [0, 0.1) is 15.9 Å². The summed E-state index contributed by atoms with van der Waals surface area (Å²) < 4.78 is 20.5. The van der Waals surface area contributed by atoms with Crippen molar-refractivity contribution in [1.82, 2.24) is 14.8 Å². The fourth-order valence-electron chi connectivity index (χ4n) is 2.63. The van der Waals surface area contributed by atoms with E-state index >= 15 is 0 Å². The van der Waals surface area contributed by atoms with Crippen LogP contribution < -0.4 is 10.1 Å². The number of nitrogens with zero attached hydrogens (tertiary/aromatic N) is 4. The Morgan fingerprint density at radius 2 is 2.03 bits per heavy atom. The number of nitro benzene ring substituents is 1. The number of nitrogens with one attached hydrogen (secondary N) is 1. The van der Waals surface area contributed by atoms with E-state index in [0.717, 1.165) is 11.8 Å². The zero-order valence-corrected chi connectivity index (χ0v) is 18.0. The van der Waals surface area contributed by atoms with Gasteiger partial charge in [0.05, 0.1) is 10.7 Å². The lowest BCUT2D eigenvalue weighted by Crippen LogP contribution is -2.15. The van der Waals surface area contributed by atoms with Gasteiger partial charge in [-0.3, -0.25) is 14.9 Å². The van der Waals surface area contributed by atoms with Gasteiger partial charge >= 0.3 is 0 Å². The van der Waals surface area contributed by atoms with Crippen molar-refractivity contribution in [2.24, 2.45) is 7.05 Å². The molecule has 1 heterocycles. The van der Waals surface area contributed by atoms with Gasteiger partial charge < -0.3 is 14.6 Å². The predicted octanol–water partition coefficient (Wildman–Crippen LogP) is 4.39. The van der Waals surface area contributed by atoms with Crippen LogP contribution >= 0.6 is 23.4 Å². The third-order valence-corrected chi connectivity index (χ3v) is 5.46. The molecule has 1 N–H and O–H groups in total. The molecule has 1 aromatic heterocycles. The number of thioether (sulfide) groups is 1. The minimum atomic E-state index is -0.622. The molecule has 3 rings (SSSR count). The Labute approximate surface area is 185 Å². The lowest BCUT2D eigenvalue weighted by molar-refractivity contribution is -0.384. The molecule has 0 aliphatic rings. The van der Waals surface area contributed by atoms with Gasteiger partial charge in [-0.25, -0.2) is 4.39 Å². The van der Waals surface area contributed by atoms with Gasteiger partial charge in [-0.15, -0.1) is 10.2 Å². The quantitative estimate of drug-likeness (QED) is 0.298. The molecule has 162 valence electrons. The number of amides is 1. The van der Waals surface area contributed by atoms with Gasteiger partial charge in [0, 0.05) is 18.8 Å². The summed E-state index contributed by atoms with van der Waals surface area (Å²) in [7, 11) is 1.74. The van der Waals surface area contributed by atoms with E-state index in [1.165, 1.54) is 42.5 Å². The monoisotopic (exact) mass is 465 g/mol. The largest absolute Gasteiger partial charge is 0.483 e. The van der Waals surface area contributed by atoms with Crippen LogP contribution in [0.2, 0.25) is 5.02 Å². The molecule has 0 spiro atoms. The molecular formula is C19H17ClFN5O4S. The van der Waals surface area contributed by atoms with Crippen LogP contribution in [0.25, 0.3) is 0 Å². The van der Waals surface area contributed by atoms with Crippen molar-refractivity contribution in [3.05, 3.63) is 69.2 Å². The highest BCUT2D eigenvalue weighted by molar-refractivity contribution is 7.99. The van der Waals surface area contributed by atoms with E-state index in [-0.39, 0.29) is 33.9 Å². The number of benzene rings is 2. The average Bonchev–Trinajstić information content (AvgIpc) is 3.10. The van der Waals surface area contributed by atoms with Gasteiger partial charge in [-0.1, -0.05) is 23.4 Å². The molecule has 2 aromatic carbocycles. The Balaban J connectivity index is 1.59. The van der Waals surface area contributed by atoms with Crippen LogP contribution in [0.3, 0.4) is 0 Å². The number of hydrogen-bond donors (Lipinski definition) is 1. The van der Waals surface area contributed by atoms with E-state index in [4.69, 9.17) is 16.3 Å². The second-order valence-corrected chi connectivity index (χ2v) is 7.72. The summed E-state index contributed by atoms with van der Waals surface area (Å²) in [5.41, 5.74) is -0.0260. The molecule has 0 saturated heterocycles. The molecular weight excluding hydrogens is 449 g/mol. The normalized spacial score (nSPS) is 11.7. The van der Waals surface area contributed by atoms with Gasteiger partial charge in [-0.05, 0) is 43.3 Å². The number of halogens is 2. The maximum atomic E-state index is 13.0. The molecule has 0 fully saturated rings. The van der Waals surface area contributed by atoms with Gasteiger partial charge in [0.2, 0.25) is 5.91 Å². The van der Waals surface area contributed by atoms with Gasteiger partial charge in [0.15, 0.2) is 17.1 Å². The second-order valence-electron chi connectivity index (χ2n) is 6.37. The van der Waals surface area contributed by atoms with Crippen molar-refractivity contribution < 1.29 is 18.8 Å². The molecule has 1 atom stereocenters. The smallest absolute Gasteiger partial charge is 0.289 e. The number of anilines is 1. The highest BCUT2D eigenvalue weighted by Gasteiger charge is 2.19. The molecule has 1 unspecified atom stereocenters. The fraction of sp³-hybridized carbons (Fsp3) is 0.211. The SMILES string of the molecule is CC(Oc1ccc(F)cc1)c1nnc(SCC(=O)Nc2ccc(Cl)c([N+](=O)[O-])c2)n1C. The molecule has 0 bridgehead atoms. The number of carbonyl (C=O) groups is 1. The summed E-state index contributed by atoms with van der Waals surface area (Å²) in [4.78, 5) is 22.6. The summed E-state index contributed by atoms with van der Waals surface area (Å²) in [6.07, 6.45) is -0.458. The minimum absolute atomic E-state index is 0.00952. The Morgan fingerprint density at radius 3 is 2.71 bits per heavy atom. The maximum Gasteiger partial charge on any atom is 0.289 e. The van der Waals surface area contributed by atoms with Gasteiger partial charge in [-0.2, -0.15) is 0 Å². The predicted molar refractivity (Wildman–Crippen MR) is 114 cm³/mol. The highest BCUT2D eigenvalue weighted by atomic mass is 35.5. The van der Waals surface area contributed by atoms with Crippen LogP contribution in [0.1, 0.15) is 18.9 Å². The van der Waals surface area contributed by atoms with Gasteiger partial charge in [0.1, 0.15) is 16.6 Å². The van der Waals surface area contributed by atoms with Crippen LogP contribution in [0.15, 0.2) is 47.6 Å². The third kappa shape index (κ3) is 5.70. The number of aromatic nitrogens is 3. The van der Waals surface area contributed by atoms with E-state index in [1.54, 1.807) is 18.5 Å². The molecule has 3 aromatic rings. The van der Waals surface area contributed by atoms with Crippen molar-refractivity contribution in [1.29, 1.82) is 0 Å². The van der Waals surface area contributed by atoms with E-state index in [0.29, 0.717) is 16.7 Å². The summed E-state index contributed by atoms with van der Waals surface area (Å²) >= 11 is 6.92. The first kappa shape index (κ1) is 22.5. The fourth-order valence-corrected chi connectivity index (χ4v) is 3.54. The standard InChI is InChI=1S/C19H17ClFN5O4S/c1-11(30-14-6-3-12(21)4-7-14)18-23-24-19(25(18)2)31-10-17(27)22-13-5-8-15(20)16(9-13)26(28)29/h3-9,11H,10H2,1-2H3,(H,22,27). The summed E-state index contributed by atoms with van der Waals surface area (Å²) in [6, 6.07) is 9.65. The number of rotatable bonds is 8. The molecule has 0 aliphatic carbocycles. The first-order valence-electron chi connectivity index (χ1n) is 8.92. The van der Waals surface area contributed by atoms with Crippen LogP contribution in [-0.4, -0.2) is 31.3 Å². The Hall–Kier alpha value is -3.18. The van der Waals surface area contributed by atoms with E-state index < -0.39 is 11.0 Å². The maximum absolute atomic E-state index is 13.0. The van der Waals surface area contributed by atoms with Crippen molar-refractivity contribution in [3.63, 3.8) is 0 Å². The molecule has 12 heteroatoms. The van der Waals surface area contributed by atoms with Crippen molar-refractivity contribution >= 4 is 40.6 Å². The summed E-state index contributed by atoms with van der Waals surface area (Å²) in [5, 5.41) is 22.2. The second kappa shape index (κ2) is 9.75. The van der Waals surface area contributed by atoms with Crippen LogP contribution in [-0.2, 0) is 11.8 Å². The van der Waals surface area contributed by atoms with Crippen molar-refractivity contribution in [2.75, 3.05) is 11.1 Å². The number of hydrogen-bond acceptors (Lipinski definition) is 7. The Morgan fingerprint density at radius 1 is 1.32 bits per heavy atom. The summed E-state index contributed by atoms with van der Waals surface area (Å²) in [6.45, 7) is 1.78. The molecule has 1 amide bonds. The number of ether oxygens (including phenoxy) is 1. The lowest BCUT2D eigenvalue weighted by Gasteiger charge is -2.14. The van der Waals surface area contributed by atoms with Gasteiger partial charge in [0.25, 0.3) is 5.69 Å². The highest BCUT2D eigenvalue weighted by Crippen LogP contribution is 2.28.